The van der Waals surface area contributed by atoms with Crippen LogP contribution in [0, 0.1) is 0 Å². The van der Waals surface area contributed by atoms with Crippen LogP contribution in [0.2, 0.25) is 0 Å². The highest BCUT2D eigenvalue weighted by Gasteiger charge is 2.23. The van der Waals surface area contributed by atoms with Crippen LogP contribution >= 0.6 is 11.3 Å². The van der Waals surface area contributed by atoms with Gasteiger partial charge >= 0.3 is 5.97 Å². The molecule has 0 fully saturated rings. The number of nitrogens with one attached hydrogen (secondary N) is 1. The number of hydrogen-bond donors (Lipinski definition) is 2. The highest BCUT2D eigenvalue weighted by atomic mass is 32.2. The Kier molecular flexibility index (Phi) is 5.01. The van der Waals surface area contributed by atoms with Gasteiger partial charge in [0.05, 0.1) is 17.9 Å². The normalized spacial score (nSPS) is 13.4. The van der Waals surface area contributed by atoms with Gasteiger partial charge in [-0.25, -0.2) is 17.9 Å². The summed E-state index contributed by atoms with van der Waals surface area (Å²) >= 11 is 0.874. The van der Waals surface area contributed by atoms with Crippen molar-refractivity contribution >= 4 is 27.3 Å². The van der Waals surface area contributed by atoms with Gasteiger partial charge in [-0.2, -0.15) is 0 Å². The van der Waals surface area contributed by atoms with Crippen LogP contribution in [0.3, 0.4) is 0 Å². The van der Waals surface area contributed by atoms with Gasteiger partial charge in [0.2, 0.25) is 10.0 Å². The molecule has 2 aromatic heterocycles. The molecule has 22 heavy (non-hydrogen) atoms. The van der Waals surface area contributed by atoms with Gasteiger partial charge in [-0.3, -0.25) is 4.90 Å². The van der Waals surface area contributed by atoms with Gasteiger partial charge in [0.25, 0.3) is 0 Å². The fraction of sp³-hybridized carbons (Fsp3) is 0.308. The van der Waals surface area contributed by atoms with E-state index < -0.39 is 16.0 Å². The second-order valence-electron chi connectivity index (χ2n) is 4.81. The number of carbonyl (C=O) groups is 1. The first kappa shape index (κ1) is 16.7. The third-order valence-corrected chi connectivity index (χ3v) is 5.91. The first-order chi connectivity index (χ1) is 10.3. The molecule has 0 saturated heterocycles. The average Bonchev–Trinajstić information content (AvgIpc) is 3.10. The fourth-order valence-corrected chi connectivity index (χ4v) is 4.08. The number of likely N-dealkylation sites (N-methyl/N-ethyl adjacent to an activating group) is 1. The van der Waals surface area contributed by atoms with Crippen molar-refractivity contribution in [1.82, 2.24) is 9.62 Å². The Labute approximate surface area is 132 Å². The summed E-state index contributed by atoms with van der Waals surface area (Å²) in [5.74, 6) is -0.510. The number of sulfonamides is 1. The van der Waals surface area contributed by atoms with Gasteiger partial charge in [-0.15, -0.1) is 11.3 Å². The van der Waals surface area contributed by atoms with Crippen molar-refractivity contribution in [1.29, 1.82) is 0 Å². The first-order valence-corrected chi connectivity index (χ1v) is 8.69. The number of aromatic carboxylic acids is 1. The predicted octanol–water partition coefficient (Wildman–Crippen LogP) is 1.62. The number of furan rings is 1. The number of thiophene rings is 1. The molecular formula is C13H16N2O5S2. The standard InChI is InChI=1S/C13H16N2O5S2/c1-15(2)10(11-4-3-5-20-11)7-14-22(18,19)12-6-9(8-21-12)13(16)17/h3-6,8,10,14H,7H2,1-2H3,(H,16,17). The van der Waals surface area contributed by atoms with Gasteiger partial charge in [-0.05, 0) is 32.3 Å². The van der Waals surface area contributed by atoms with E-state index in [4.69, 9.17) is 9.52 Å². The Morgan fingerprint density at radius 3 is 2.73 bits per heavy atom. The van der Waals surface area contributed by atoms with Crippen LogP contribution in [0.1, 0.15) is 22.2 Å². The van der Waals surface area contributed by atoms with Crippen molar-refractivity contribution in [3.05, 3.63) is 41.2 Å². The second kappa shape index (κ2) is 6.61. The molecule has 0 amide bonds. The third kappa shape index (κ3) is 3.74. The zero-order valence-corrected chi connectivity index (χ0v) is 13.6. The molecule has 120 valence electrons. The Hall–Kier alpha value is -1.68. The number of nitrogens with zero attached hydrogens (tertiary/aromatic N) is 1. The summed E-state index contributed by atoms with van der Waals surface area (Å²) in [6.07, 6.45) is 1.53. The molecule has 0 saturated carbocycles. The lowest BCUT2D eigenvalue weighted by Crippen LogP contribution is -2.34. The summed E-state index contributed by atoms with van der Waals surface area (Å²) in [5, 5.41) is 10.2. The average molecular weight is 344 g/mol. The minimum absolute atomic E-state index is 0.0261. The van der Waals surface area contributed by atoms with Gasteiger partial charge in [0.1, 0.15) is 9.97 Å². The number of rotatable bonds is 7. The van der Waals surface area contributed by atoms with Crippen LogP contribution in [0.15, 0.2) is 38.5 Å². The third-order valence-electron chi connectivity index (χ3n) is 3.05. The van der Waals surface area contributed by atoms with E-state index in [1.54, 1.807) is 12.1 Å². The zero-order valence-electron chi connectivity index (χ0n) is 12.0. The van der Waals surface area contributed by atoms with E-state index >= 15 is 0 Å². The Bertz CT molecular complexity index is 734. The van der Waals surface area contributed by atoms with Crippen molar-refractivity contribution in [2.75, 3.05) is 20.6 Å². The van der Waals surface area contributed by atoms with E-state index in [2.05, 4.69) is 4.72 Å². The minimum atomic E-state index is -3.76. The Morgan fingerprint density at radius 2 is 2.23 bits per heavy atom. The van der Waals surface area contributed by atoms with Crippen molar-refractivity contribution in [3.8, 4) is 0 Å². The minimum Gasteiger partial charge on any atom is -0.478 e. The lowest BCUT2D eigenvalue weighted by molar-refractivity contribution is 0.0697. The van der Waals surface area contributed by atoms with E-state index in [1.165, 1.54) is 11.6 Å². The summed E-state index contributed by atoms with van der Waals surface area (Å²) in [5.41, 5.74) is -0.0411. The largest absolute Gasteiger partial charge is 0.478 e. The topological polar surface area (TPSA) is 99.9 Å². The molecule has 1 atom stereocenters. The molecule has 2 aromatic rings. The molecule has 0 aliphatic carbocycles. The predicted molar refractivity (Wildman–Crippen MR) is 81.6 cm³/mol. The van der Waals surface area contributed by atoms with Crippen LogP contribution in [0.25, 0.3) is 0 Å². The highest BCUT2D eigenvalue weighted by Crippen LogP contribution is 2.22. The molecule has 0 spiro atoms. The fourth-order valence-electron chi connectivity index (χ4n) is 1.85. The highest BCUT2D eigenvalue weighted by molar-refractivity contribution is 7.91. The SMILES string of the molecule is CN(C)C(CNS(=O)(=O)c1cc(C(=O)O)cs1)c1ccco1. The van der Waals surface area contributed by atoms with Crippen LogP contribution in [0.4, 0.5) is 0 Å². The molecule has 0 aromatic carbocycles. The van der Waals surface area contributed by atoms with Crippen molar-refractivity contribution in [3.63, 3.8) is 0 Å². The Morgan fingerprint density at radius 1 is 1.50 bits per heavy atom. The summed E-state index contributed by atoms with van der Waals surface area (Å²) in [4.78, 5) is 12.7. The van der Waals surface area contributed by atoms with Gasteiger partial charge < -0.3 is 9.52 Å². The maximum absolute atomic E-state index is 12.2. The second-order valence-corrected chi connectivity index (χ2v) is 7.71. The summed E-state index contributed by atoms with van der Waals surface area (Å²) in [6, 6.07) is 4.39. The maximum Gasteiger partial charge on any atom is 0.336 e. The van der Waals surface area contributed by atoms with Crippen molar-refractivity contribution < 1.29 is 22.7 Å². The molecular weight excluding hydrogens is 328 g/mol. The molecule has 9 heteroatoms. The maximum atomic E-state index is 12.2. The number of hydrogen-bond acceptors (Lipinski definition) is 6. The van der Waals surface area contributed by atoms with Gasteiger partial charge in [0.15, 0.2) is 0 Å². The monoisotopic (exact) mass is 344 g/mol. The first-order valence-electron chi connectivity index (χ1n) is 6.32. The summed E-state index contributed by atoms with van der Waals surface area (Å²) in [7, 11) is -0.126. The smallest absolute Gasteiger partial charge is 0.336 e. The molecule has 2 heterocycles. The van der Waals surface area contributed by atoms with E-state index in [9.17, 15) is 13.2 Å². The number of carboxylic acid groups (broad SMARTS) is 1. The lowest BCUT2D eigenvalue weighted by atomic mass is 10.2. The van der Waals surface area contributed by atoms with E-state index in [0.29, 0.717) is 5.76 Å². The number of carboxylic acids is 1. The Balaban J connectivity index is 2.12. The molecule has 0 bridgehead atoms. The van der Waals surface area contributed by atoms with Gasteiger partial charge in [-0.1, -0.05) is 0 Å². The lowest BCUT2D eigenvalue weighted by Gasteiger charge is -2.22. The quantitative estimate of drug-likeness (QED) is 0.792. The van der Waals surface area contributed by atoms with E-state index in [-0.39, 0.29) is 22.4 Å². The van der Waals surface area contributed by atoms with Crippen LogP contribution in [0.5, 0.6) is 0 Å². The zero-order chi connectivity index (χ0) is 16.3. The molecule has 0 aliphatic rings. The molecule has 2 N–H and O–H groups in total. The van der Waals surface area contributed by atoms with Crippen LogP contribution in [-0.2, 0) is 10.0 Å². The molecule has 2 rings (SSSR count). The van der Waals surface area contributed by atoms with Crippen molar-refractivity contribution in [2.24, 2.45) is 0 Å². The molecule has 1 unspecified atom stereocenters. The van der Waals surface area contributed by atoms with Crippen molar-refractivity contribution in [2.45, 2.75) is 10.3 Å². The van der Waals surface area contributed by atoms with Crippen LogP contribution < -0.4 is 4.72 Å². The van der Waals surface area contributed by atoms with Gasteiger partial charge in [0, 0.05) is 11.9 Å². The summed E-state index contributed by atoms with van der Waals surface area (Å²) < 4.78 is 32.2. The summed E-state index contributed by atoms with van der Waals surface area (Å²) in [6.45, 7) is 0.114. The van der Waals surface area contributed by atoms with E-state index in [0.717, 1.165) is 17.4 Å². The van der Waals surface area contributed by atoms with Crippen LogP contribution in [-0.4, -0.2) is 45.0 Å². The molecule has 0 aliphatic heterocycles. The van der Waals surface area contributed by atoms with E-state index in [1.807, 2.05) is 19.0 Å². The molecule has 7 nitrogen and oxygen atoms in total. The molecule has 0 radical (unpaired) electrons.